The molecule has 0 saturated carbocycles. The third-order valence-corrected chi connectivity index (χ3v) is 5.43. The van der Waals surface area contributed by atoms with Gasteiger partial charge in [0.25, 0.3) is 0 Å². The number of nitrogens with zero attached hydrogens (tertiary/aromatic N) is 2. The maximum atomic E-state index is 12.8. The molecule has 0 aliphatic carbocycles. The maximum Gasteiger partial charge on any atom is 0.229 e. The molecule has 1 atom stereocenters. The van der Waals surface area contributed by atoms with Crippen LogP contribution in [0.5, 0.6) is 0 Å². The van der Waals surface area contributed by atoms with Crippen molar-refractivity contribution in [3.05, 3.63) is 66.2 Å². The van der Waals surface area contributed by atoms with Crippen molar-refractivity contribution in [2.45, 2.75) is 33.1 Å². The molecule has 1 unspecified atom stereocenters. The molecule has 2 aromatic rings. The Hall–Kier alpha value is -2.13. The van der Waals surface area contributed by atoms with E-state index in [0.717, 1.165) is 31.7 Å². The predicted molar refractivity (Wildman–Crippen MR) is 113 cm³/mol. The number of para-hydroxylation sites is 1. The molecule has 1 saturated heterocycles. The van der Waals surface area contributed by atoms with Crippen LogP contribution in [0.1, 0.15) is 32.3 Å². The van der Waals surface area contributed by atoms with Gasteiger partial charge in [-0.15, -0.1) is 0 Å². The lowest BCUT2D eigenvalue weighted by molar-refractivity contribution is -0.121. The predicted octanol–water partition coefficient (Wildman–Crippen LogP) is 4.63. The van der Waals surface area contributed by atoms with Gasteiger partial charge in [0.15, 0.2) is 0 Å². The van der Waals surface area contributed by atoms with Crippen molar-refractivity contribution in [1.82, 2.24) is 4.90 Å². The van der Waals surface area contributed by atoms with Crippen LogP contribution in [0.2, 0.25) is 0 Å². The monoisotopic (exact) mass is 364 g/mol. The Bertz CT molecular complexity index is 699. The number of likely N-dealkylation sites (tertiary alicyclic amines) is 1. The van der Waals surface area contributed by atoms with Gasteiger partial charge in [0.2, 0.25) is 5.91 Å². The lowest BCUT2D eigenvalue weighted by atomic mass is 9.96. The van der Waals surface area contributed by atoms with Crippen molar-refractivity contribution in [2.75, 3.05) is 31.1 Å². The van der Waals surface area contributed by atoms with Crippen LogP contribution < -0.4 is 4.90 Å². The van der Waals surface area contributed by atoms with E-state index in [1.807, 2.05) is 36.9 Å². The minimum Gasteiger partial charge on any atom is -0.312 e. The van der Waals surface area contributed by atoms with Crippen molar-refractivity contribution in [3.8, 4) is 0 Å². The SMILES string of the molecule is CC(C)C(=O)N(CC1CCCN(CCc2ccccc2)C1)c1ccccc1. The Morgan fingerprint density at radius 1 is 1.07 bits per heavy atom. The Kier molecular flexibility index (Phi) is 7.05. The third kappa shape index (κ3) is 5.67. The summed E-state index contributed by atoms with van der Waals surface area (Å²) >= 11 is 0. The van der Waals surface area contributed by atoms with E-state index in [-0.39, 0.29) is 11.8 Å². The molecule has 0 N–H and O–H groups in total. The van der Waals surface area contributed by atoms with E-state index in [9.17, 15) is 4.79 Å². The number of carbonyl (C=O) groups is 1. The first-order valence-electron chi connectivity index (χ1n) is 10.3. The van der Waals surface area contributed by atoms with Gasteiger partial charge in [-0.3, -0.25) is 4.79 Å². The molecule has 1 fully saturated rings. The van der Waals surface area contributed by atoms with Gasteiger partial charge in [-0.1, -0.05) is 62.4 Å². The van der Waals surface area contributed by atoms with Gasteiger partial charge in [-0.2, -0.15) is 0 Å². The number of hydrogen-bond acceptors (Lipinski definition) is 2. The standard InChI is InChI=1S/C24H32N2O/c1-20(2)24(27)26(23-13-7-4-8-14-23)19-22-12-9-16-25(18-22)17-15-21-10-5-3-6-11-21/h3-8,10-11,13-14,20,22H,9,12,15-19H2,1-2H3. The Labute approximate surface area is 164 Å². The summed E-state index contributed by atoms with van der Waals surface area (Å²) in [5.74, 6) is 0.781. The van der Waals surface area contributed by atoms with Crippen molar-refractivity contribution in [3.63, 3.8) is 0 Å². The molecule has 0 spiro atoms. The fourth-order valence-electron chi connectivity index (χ4n) is 3.94. The minimum absolute atomic E-state index is 0.0166. The second-order valence-corrected chi connectivity index (χ2v) is 7.98. The summed E-state index contributed by atoms with van der Waals surface area (Å²) in [6.45, 7) is 8.16. The topological polar surface area (TPSA) is 23.6 Å². The zero-order chi connectivity index (χ0) is 19.1. The van der Waals surface area contributed by atoms with Crippen LogP contribution in [0.4, 0.5) is 5.69 Å². The van der Waals surface area contributed by atoms with E-state index in [0.29, 0.717) is 5.92 Å². The van der Waals surface area contributed by atoms with E-state index >= 15 is 0 Å². The largest absolute Gasteiger partial charge is 0.312 e. The summed E-state index contributed by atoms with van der Waals surface area (Å²) in [5.41, 5.74) is 2.43. The Balaban J connectivity index is 1.61. The molecule has 3 heteroatoms. The molecule has 27 heavy (non-hydrogen) atoms. The van der Waals surface area contributed by atoms with Gasteiger partial charge < -0.3 is 9.80 Å². The van der Waals surface area contributed by atoms with E-state index in [2.05, 4.69) is 47.4 Å². The van der Waals surface area contributed by atoms with E-state index < -0.39 is 0 Å². The summed E-state index contributed by atoms with van der Waals surface area (Å²) < 4.78 is 0. The average Bonchev–Trinajstić information content (AvgIpc) is 2.71. The molecule has 1 aliphatic heterocycles. The van der Waals surface area contributed by atoms with Gasteiger partial charge in [-0.05, 0) is 49.4 Å². The Morgan fingerprint density at radius 3 is 2.41 bits per heavy atom. The number of hydrogen-bond donors (Lipinski definition) is 0. The van der Waals surface area contributed by atoms with Crippen LogP contribution in [0.3, 0.4) is 0 Å². The highest BCUT2D eigenvalue weighted by molar-refractivity contribution is 5.94. The molecule has 1 heterocycles. The molecule has 0 radical (unpaired) electrons. The molecular formula is C24H32N2O. The van der Waals surface area contributed by atoms with Gasteiger partial charge in [-0.25, -0.2) is 0 Å². The molecule has 3 nitrogen and oxygen atoms in total. The van der Waals surface area contributed by atoms with Crippen LogP contribution in [0, 0.1) is 11.8 Å². The third-order valence-electron chi connectivity index (χ3n) is 5.43. The van der Waals surface area contributed by atoms with Crippen LogP contribution in [0.15, 0.2) is 60.7 Å². The van der Waals surface area contributed by atoms with Gasteiger partial charge >= 0.3 is 0 Å². The summed E-state index contributed by atoms with van der Waals surface area (Å²) in [7, 11) is 0. The van der Waals surface area contributed by atoms with E-state index in [4.69, 9.17) is 0 Å². The second-order valence-electron chi connectivity index (χ2n) is 7.98. The van der Waals surface area contributed by atoms with Crippen LogP contribution in [-0.4, -0.2) is 37.0 Å². The average molecular weight is 365 g/mol. The molecular weight excluding hydrogens is 332 g/mol. The molecule has 2 aromatic carbocycles. The van der Waals surface area contributed by atoms with Crippen LogP contribution in [0.25, 0.3) is 0 Å². The fraction of sp³-hybridized carbons (Fsp3) is 0.458. The summed E-state index contributed by atoms with van der Waals surface area (Å²) in [6, 6.07) is 20.9. The smallest absolute Gasteiger partial charge is 0.229 e. The number of carbonyl (C=O) groups excluding carboxylic acids is 1. The highest BCUT2D eigenvalue weighted by Gasteiger charge is 2.26. The molecule has 0 aromatic heterocycles. The van der Waals surface area contributed by atoms with Crippen LogP contribution >= 0.6 is 0 Å². The summed E-state index contributed by atoms with van der Waals surface area (Å²) in [6.07, 6.45) is 3.52. The first-order valence-corrected chi connectivity index (χ1v) is 10.3. The van der Waals surface area contributed by atoms with Crippen molar-refractivity contribution in [2.24, 2.45) is 11.8 Å². The number of amides is 1. The number of anilines is 1. The first-order chi connectivity index (χ1) is 13.1. The van der Waals surface area contributed by atoms with Crippen molar-refractivity contribution in [1.29, 1.82) is 0 Å². The van der Waals surface area contributed by atoms with E-state index in [1.54, 1.807) is 0 Å². The second kappa shape index (κ2) is 9.70. The lowest BCUT2D eigenvalue weighted by Gasteiger charge is -2.36. The normalized spacial score (nSPS) is 17.8. The minimum atomic E-state index is 0.0166. The van der Waals surface area contributed by atoms with Crippen LogP contribution in [-0.2, 0) is 11.2 Å². The number of piperidine rings is 1. The highest BCUT2D eigenvalue weighted by atomic mass is 16.2. The number of rotatable bonds is 7. The molecule has 144 valence electrons. The maximum absolute atomic E-state index is 12.8. The first kappa shape index (κ1) is 19.6. The number of benzene rings is 2. The molecule has 1 amide bonds. The molecule has 1 aliphatic rings. The van der Waals surface area contributed by atoms with Gasteiger partial charge in [0, 0.05) is 31.2 Å². The van der Waals surface area contributed by atoms with E-state index in [1.165, 1.54) is 24.9 Å². The summed E-state index contributed by atoms with van der Waals surface area (Å²) in [5, 5.41) is 0. The fourth-order valence-corrected chi connectivity index (χ4v) is 3.94. The summed E-state index contributed by atoms with van der Waals surface area (Å²) in [4.78, 5) is 17.4. The Morgan fingerprint density at radius 2 is 1.74 bits per heavy atom. The van der Waals surface area contributed by atoms with Gasteiger partial charge in [0.05, 0.1) is 0 Å². The molecule has 0 bridgehead atoms. The van der Waals surface area contributed by atoms with Crippen molar-refractivity contribution < 1.29 is 4.79 Å². The quantitative estimate of drug-likeness (QED) is 0.715. The zero-order valence-electron chi connectivity index (χ0n) is 16.7. The molecule has 3 rings (SSSR count). The lowest BCUT2D eigenvalue weighted by Crippen LogP contribution is -2.44. The highest BCUT2D eigenvalue weighted by Crippen LogP contribution is 2.23. The van der Waals surface area contributed by atoms with Crippen molar-refractivity contribution >= 4 is 11.6 Å². The zero-order valence-corrected chi connectivity index (χ0v) is 16.7. The van der Waals surface area contributed by atoms with Gasteiger partial charge in [0.1, 0.15) is 0 Å².